The number of hydrogen-bond donors (Lipinski definition) is 0. The SMILES string of the molecule is Clc1ccc(-c2cnc3ccccn23)cc1. The average Bonchev–Trinajstić information content (AvgIpc) is 2.74. The predicted molar refractivity (Wildman–Crippen MR) is 65.6 cm³/mol. The lowest BCUT2D eigenvalue weighted by Crippen LogP contribution is -1.86. The number of fused-ring (bicyclic) bond motifs is 1. The molecule has 0 saturated heterocycles. The van der Waals surface area contributed by atoms with E-state index in [4.69, 9.17) is 11.6 Å². The van der Waals surface area contributed by atoms with Gasteiger partial charge in [-0.15, -0.1) is 0 Å². The summed E-state index contributed by atoms with van der Waals surface area (Å²) in [6.07, 6.45) is 3.88. The molecule has 0 atom stereocenters. The van der Waals surface area contributed by atoms with Crippen molar-refractivity contribution in [1.82, 2.24) is 9.38 Å². The molecule has 0 aliphatic rings. The summed E-state index contributed by atoms with van der Waals surface area (Å²) in [4.78, 5) is 4.35. The summed E-state index contributed by atoms with van der Waals surface area (Å²) in [5.74, 6) is 0. The third-order valence-electron chi connectivity index (χ3n) is 2.56. The number of hydrogen-bond acceptors (Lipinski definition) is 1. The minimum Gasteiger partial charge on any atom is -0.300 e. The largest absolute Gasteiger partial charge is 0.300 e. The molecule has 1 aromatic carbocycles. The molecule has 0 spiro atoms. The number of benzene rings is 1. The lowest BCUT2D eigenvalue weighted by Gasteiger charge is -2.01. The standard InChI is InChI=1S/C13H9ClN2/c14-11-6-4-10(5-7-11)12-9-15-13-3-1-2-8-16(12)13/h1-9H. The van der Waals surface area contributed by atoms with E-state index >= 15 is 0 Å². The van der Waals surface area contributed by atoms with E-state index in [0.717, 1.165) is 21.9 Å². The van der Waals surface area contributed by atoms with Gasteiger partial charge >= 0.3 is 0 Å². The van der Waals surface area contributed by atoms with Crippen molar-refractivity contribution in [3.8, 4) is 11.3 Å². The Morgan fingerprint density at radius 2 is 1.81 bits per heavy atom. The van der Waals surface area contributed by atoms with Gasteiger partial charge in [0.05, 0.1) is 11.9 Å². The second-order valence-electron chi connectivity index (χ2n) is 3.58. The molecule has 0 aliphatic carbocycles. The van der Waals surface area contributed by atoms with Crippen LogP contribution in [0.1, 0.15) is 0 Å². The molecule has 0 fully saturated rings. The predicted octanol–water partition coefficient (Wildman–Crippen LogP) is 3.65. The van der Waals surface area contributed by atoms with Crippen LogP contribution in [-0.4, -0.2) is 9.38 Å². The highest BCUT2D eigenvalue weighted by Gasteiger charge is 2.04. The maximum absolute atomic E-state index is 5.87. The number of aromatic nitrogens is 2. The number of nitrogens with zero attached hydrogens (tertiary/aromatic N) is 2. The van der Waals surface area contributed by atoms with Crippen LogP contribution in [0.5, 0.6) is 0 Å². The fourth-order valence-electron chi connectivity index (χ4n) is 1.77. The lowest BCUT2D eigenvalue weighted by molar-refractivity contribution is 1.19. The Bertz CT molecular complexity index is 626. The van der Waals surface area contributed by atoms with Gasteiger partial charge in [-0.05, 0) is 24.3 Å². The fourth-order valence-corrected chi connectivity index (χ4v) is 1.89. The van der Waals surface area contributed by atoms with Gasteiger partial charge < -0.3 is 0 Å². The van der Waals surface area contributed by atoms with Crippen molar-refractivity contribution in [1.29, 1.82) is 0 Å². The van der Waals surface area contributed by atoms with Crippen LogP contribution in [0.2, 0.25) is 5.02 Å². The topological polar surface area (TPSA) is 17.3 Å². The Balaban J connectivity index is 2.22. The zero-order valence-corrected chi connectivity index (χ0v) is 9.22. The van der Waals surface area contributed by atoms with Gasteiger partial charge in [0.15, 0.2) is 0 Å². The van der Waals surface area contributed by atoms with Gasteiger partial charge in [-0.3, -0.25) is 4.40 Å². The van der Waals surface area contributed by atoms with Crippen LogP contribution in [0.25, 0.3) is 16.9 Å². The third kappa shape index (κ3) is 1.48. The normalized spacial score (nSPS) is 10.8. The second kappa shape index (κ2) is 3.65. The highest BCUT2D eigenvalue weighted by Crippen LogP contribution is 2.22. The molecule has 3 heteroatoms. The van der Waals surface area contributed by atoms with Crippen LogP contribution >= 0.6 is 11.6 Å². The number of imidazole rings is 1. The number of halogens is 1. The van der Waals surface area contributed by atoms with Crippen molar-refractivity contribution < 1.29 is 0 Å². The monoisotopic (exact) mass is 228 g/mol. The fraction of sp³-hybridized carbons (Fsp3) is 0. The van der Waals surface area contributed by atoms with E-state index in [1.165, 1.54) is 0 Å². The minimum atomic E-state index is 0.748. The van der Waals surface area contributed by atoms with E-state index in [2.05, 4.69) is 9.38 Å². The molecular formula is C13H9ClN2. The first-order valence-corrected chi connectivity index (χ1v) is 5.40. The van der Waals surface area contributed by atoms with Crippen LogP contribution in [-0.2, 0) is 0 Å². The van der Waals surface area contributed by atoms with E-state index in [9.17, 15) is 0 Å². The van der Waals surface area contributed by atoms with Crippen LogP contribution in [0.3, 0.4) is 0 Å². The molecule has 0 radical (unpaired) electrons. The molecule has 0 unspecified atom stereocenters. The van der Waals surface area contributed by atoms with Crippen molar-refractivity contribution in [3.63, 3.8) is 0 Å². The van der Waals surface area contributed by atoms with Crippen molar-refractivity contribution in [2.24, 2.45) is 0 Å². The summed E-state index contributed by atoms with van der Waals surface area (Å²) in [5, 5.41) is 0.748. The molecule has 2 aromatic heterocycles. The van der Waals surface area contributed by atoms with Gasteiger partial charge in [-0.25, -0.2) is 4.98 Å². The summed E-state index contributed by atoms with van der Waals surface area (Å²) in [5.41, 5.74) is 3.14. The lowest BCUT2D eigenvalue weighted by atomic mass is 10.2. The number of rotatable bonds is 1. The van der Waals surface area contributed by atoms with Crippen molar-refractivity contribution in [3.05, 3.63) is 59.9 Å². The number of pyridine rings is 1. The maximum Gasteiger partial charge on any atom is 0.137 e. The minimum absolute atomic E-state index is 0.748. The van der Waals surface area contributed by atoms with E-state index < -0.39 is 0 Å². The first-order valence-electron chi connectivity index (χ1n) is 5.02. The van der Waals surface area contributed by atoms with Gasteiger partial charge in [0.1, 0.15) is 5.65 Å². The molecular weight excluding hydrogens is 220 g/mol. The summed E-state index contributed by atoms with van der Waals surface area (Å²) >= 11 is 5.87. The van der Waals surface area contributed by atoms with Crippen LogP contribution in [0.4, 0.5) is 0 Å². The molecule has 3 rings (SSSR count). The second-order valence-corrected chi connectivity index (χ2v) is 4.02. The third-order valence-corrected chi connectivity index (χ3v) is 2.81. The molecule has 0 amide bonds. The highest BCUT2D eigenvalue weighted by atomic mass is 35.5. The first-order chi connectivity index (χ1) is 7.84. The summed E-state index contributed by atoms with van der Waals surface area (Å²) in [6.45, 7) is 0. The highest BCUT2D eigenvalue weighted by molar-refractivity contribution is 6.30. The van der Waals surface area contributed by atoms with Crippen molar-refractivity contribution >= 4 is 17.2 Å². The summed E-state index contributed by atoms with van der Waals surface area (Å²) in [7, 11) is 0. The molecule has 2 heterocycles. The van der Waals surface area contributed by atoms with Gasteiger partial charge in [-0.2, -0.15) is 0 Å². The smallest absolute Gasteiger partial charge is 0.137 e. The first kappa shape index (κ1) is 9.43. The van der Waals surface area contributed by atoms with E-state index in [1.807, 2.05) is 54.9 Å². The Kier molecular flexibility index (Phi) is 2.15. The molecule has 0 saturated carbocycles. The molecule has 0 N–H and O–H groups in total. The van der Waals surface area contributed by atoms with Gasteiger partial charge in [-0.1, -0.05) is 29.8 Å². The molecule has 78 valence electrons. The Labute approximate surface area is 98.1 Å². The van der Waals surface area contributed by atoms with Crippen molar-refractivity contribution in [2.45, 2.75) is 0 Å². The quantitative estimate of drug-likeness (QED) is 0.621. The van der Waals surface area contributed by atoms with E-state index in [1.54, 1.807) is 0 Å². The Morgan fingerprint density at radius 1 is 1.00 bits per heavy atom. The zero-order chi connectivity index (χ0) is 11.0. The van der Waals surface area contributed by atoms with Crippen molar-refractivity contribution in [2.75, 3.05) is 0 Å². The van der Waals surface area contributed by atoms with Gasteiger partial charge in [0, 0.05) is 16.8 Å². The Morgan fingerprint density at radius 3 is 2.62 bits per heavy atom. The molecule has 16 heavy (non-hydrogen) atoms. The van der Waals surface area contributed by atoms with E-state index in [0.29, 0.717) is 0 Å². The van der Waals surface area contributed by atoms with Gasteiger partial charge in [0.2, 0.25) is 0 Å². The Hall–Kier alpha value is -1.80. The molecule has 0 aliphatic heterocycles. The molecule has 2 nitrogen and oxygen atoms in total. The zero-order valence-electron chi connectivity index (χ0n) is 8.47. The van der Waals surface area contributed by atoms with Gasteiger partial charge in [0.25, 0.3) is 0 Å². The summed E-state index contributed by atoms with van der Waals surface area (Å²) < 4.78 is 2.06. The molecule has 3 aromatic rings. The molecule has 0 bridgehead atoms. The van der Waals surface area contributed by atoms with Crippen LogP contribution < -0.4 is 0 Å². The van der Waals surface area contributed by atoms with Crippen LogP contribution in [0, 0.1) is 0 Å². The summed E-state index contributed by atoms with van der Waals surface area (Å²) in [6, 6.07) is 13.7. The van der Waals surface area contributed by atoms with Crippen LogP contribution in [0.15, 0.2) is 54.9 Å². The average molecular weight is 229 g/mol. The maximum atomic E-state index is 5.87. The van der Waals surface area contributed by atoms with E-state index in [-0.39, 0.29) is 0 Å².